The van der Waals surface area contributed by atoms with Gasteiger partial charge in [0.2, 0.25) is 0 Å². The number of ether oxygens (including phenoxy) is 1. The van der Waals surface area contributed by atoms with Crippen LogP contribution in [0.1, 0.15) is 30.7 Å². The van der Waals surface area contributed by atoms with Crippen LogP contribution in [0.4, 0.5) is 0 Å². The molecule has 0 saturated heterocycles. The van der Waals surface area contributed by atoms with Gasteiger partial charge in [0, 0.05) is 12.0 Å². The molecule has 27 heavy (non-hydrogen) atoms. The second kappa shape index (κ2) is 8.10. The zero-order valence-electron chi connectivity index (χ0n) is 14.9. The zero-order chi connectivity index (χ0) is 19.8. The summed E-state index contributed by atoms with van der Waals surface area (Å²) in [6.45, 7) is 4.21. The molecule has 1 saturated carbocycles. The van der Waals surface area contributed by atoms with Gasteiger partial charge in [-0.1, -0.05) is 83.3 Å². The van der Waals surface area contributed by atoms with Gasteiger partial charge in [-0.2, -0.15) is 0 Å². The van der Waals surface area contributed by atoms with Gasteiger partial charge in [-0.05, 0) is 38.9 Å². The molecule has 1 aliphatic rings. The highest BCUT2D eigenvalue weighted by molar-refractivity contribution is 9.13. The highest BCUT2D eigenvalue weighted by Gasteiger charge is 2.67. The molecule has 0 N–H and O–H groups in total. The van der Waals surface area contributed by atoms with Crippen molar-refractivity contribution >= 4 is 61.0 Å². The number of hydrogen-bond acceptors (Lipinski definition) is 3. The molecule has 0 aliphatic heterocycles. The topological polar surface area (TPSA) is 39.4 Å². The summed E-state index contributed by atoms with van der Waals surface area (Å²) in [6.07, 6.45) is 2.34. The fourth-order valence-electron chi connectivity index (χ4n) is 3.51. The van der Waals surface area contributed by atoms with Gasteiger partial charge in [0.25, 0.3) is 0 Å². The van der Waals surface area contributed by atoms with E-state index < -0.39 is 3.24 Å². The number of halogens is 4. The standard InChI is InChI=1S/C20H20Br2Cl2O3/c1-19(2)15(17(21)20(22,23)24)16(19)18(25)27-11-13-9-14(26-10-13)8-12-6-4-3-5-7-12/h3-7,9-10,15-17H,8,11H2,1-2H3/t15-,16+,17?/m1/s1. The molecule has 3 rings (SSSR count). The molecule has 1 heterocycles. The molecule has 1 fully saturated rings. The minimum Gasteiger partial charge on any atom is -0.469 e. The number of alkyl halides is 4. The minimum atomic E-state index is -1.14. The zero-order valence-corrected chi connectivity index (χ0v) is 19.6. The molecule has 3 nitrogen and oxygen atoms in total. The monoisotopic (exact) mass is 536 g/mol. The number of benzene rings is 1. The maximum Gasteiger partial charge on any atom is 0.310 e. The molecule has 7 heteroatoms. The Bertz CT molecular complexity index is 799. The summed E-state index contributed by atoms with van der Waals surface area (Å²) in [5.74, 6) is 0.320. The highest BCUT2D eigenvalue weighted by Crippen LogP contribution is 2.65. The molecule has 0 spiro atoms. The number of furan rings is 1. The molecule has 1 unspecified atom stereocenters. The van der Waals surface area contributed by atoms with Crippen molar-refractivity contribution in [3.8, 4) is 0 Å². The van der Waals surface area contributed by atoms with Gasteiger partial charge < -0.3 is 9.15 Å². The quantitative estimate of drug-likeness (QED) is 0.299. The molecule has 0 radical (unpaired) electrons. The predicted octanol–water partition coefficient (Wildman–Crippen LogP) is 6.48. The molecule has 0 amide bonds. The second-order valence-corrected chi connectivity index (χ2v) is 12.0. The highest BCUT2D eigenvalue weighted by atomic mass is 79.9. The van der Waals surface area contributed by atoms with E-state index in [0.29, 0.717) is 6.42 Å². The fourth-order valence-corrected chi connectivity index (χ4v) is 5.06. The predicted molar refractivity (Wildman–Crippen MR) is 115 cm³/mol. The largest absolute Gasteiger partial charge is 0.469 e. The first-order valence-corrected chi connectivity index (χ1v) is 11.0. The lowest BCUT2D eigenvalue weighted by atomic mass is 10.1. The SMILES string of the molecule is CC1(C)[C@H](C(=O)OCc2coc(Cc3ccccc3)c2)[C@@H]1C(Br)C(Cl)(Cl)Br. The first-order valence-electron chi connectivity index (χ1n) is 8.58. The first kappa shape index (κ1) is 21.2. The Morgan fingerprint density at radius 3 is 2.59 bits per heavy atom. The van der Waals surface area contributed by atoms with Crippen LogP contribution in [0.3, 0.4) is 0 Å². The normalized spacial score (nSPS) is 22.3. The summed E-state index contributed by atoms with van der Waals surface area (Å²) in [7, 11) is 0. The summed E-state index contributed by atoms with van der Waals surface area (Å²) < 4.78 is 9.97. The van der Waals surface area contributed by atoms with E-state index in [-0.39, 0.29) is 34.7 Å². The Labute approximate surface area is 186 Å². The lowest BCUT2D eigenvalue weighted by Crippen LogP contribution is -2.23. The van der Waals surface area contributed by atoms with Crippen molar-refractivity contribution < 1.29 is 13.9 Å². The second-order valence-electron chi connectivity index (χ2n) is 7.46. The van der Waals surface area contributed by atoms with Crippen LogP contribution < -0.4 is 0 Å². The molecule has 1 aromatic carbocycles. The molecular weight excluding hydrogens is 519 g/mol. The molecule has 2 aromatic rings. The Morgan fingerprint density at radius 2 is 1.96 bits per heavy atom. The van der Waals surface area contributed by atoms with E-state index in [4.69, 9.17) is 32.4 Å². The Kier molecular flexibility index (Phi) is 6.36. The van der Waals surface area contributed by atoms with Gasteiger partial charge in [0.15, 0.2) is 3.24 Å². The lowest BCUT2D eigenvalue weighted by Gasteiger charge is -2.19. The molecule has 3 atom stereocenters. The van der Waals surface area contributed by atoms with Crippen molar-refractivity contribution in [2.45, 2.75) is 34.9 Å². The summed E-state index contributed by atoms with van der Waals surface area (Å²) >= 11 is 19.0. The van der Waals surface area contributed by atoms with Crippen LogP contribution in [0.2, 0.25) is 0 Å². The van der Waals surface area contributed by atoms with Crippen molar-refractivity contribution in [1.29, 1.82) is 0 Å². The number of hydrogen-bond donors (Lipinski definition) is 0. The Hall–Kier alpha value is -0.490. The van der Waals surface area contributed by atoms with Crippen LogP contribution in [0.15, 0.2) is 47.1 Å². The van der Waals surface area contributed by atoms with E-state index in [9.17, 15) is 4.79 Å². The summed E-state index contributed by atoms with van der Waals surface area (Å²) in [5.41, 5.74) is 1.77. The van der Waals surface area contributed by atoms with Gasteiger partial charge in [0.1, 0.15) is 12.4 Å². The summed E-state index contributed by atoms with van der Waals surface area (Å²) in [5, 5.41) is 0. The molecular formula is C20H20Br2Cl2O3. The lowest BCUT2D eigenvalue weighted by molar-refractivity contribution is -0.147. The van der Waals surface area contributed by atoms with Crippen LogP contribution in [-0.4, -0.2) is 14.0 Å². The van der Waals surface area contributed by atoms with Crippen molar-refractivity contribution in [1.82, 2.24) is 0 Å². The molecule has 0 bridgehead atoms. The summed E-state index contributed by atoms with van der Waals surface area (Å²) in [4.78, 5) is 12.3. The van der Waals surface area contributed by atoms with Gasteiger partial charge in [0.05, 0.1) is 17.0 Å². The van der Waals surface area contributed by atoms with Gasteiger partial charge in [-0.15, -0.1) is 0 Å². The van der Waals surface area contributed by atoms with Crippen LogP contribution in [0, 0.1) is 17.3 Å². The number of carbonyl (C=O) groups is 1. The van der Waals surface area contributed by atoms with Crippen LogP contribution >= 0.6 is 55.1 Å². The van der Waals surface area contributed by atoms with E-state index >= 15 is 0 Å². The molecule has 1 aliphatic carbocycles. The van der Waals surface area contributed by atoms with Gasteiger partial charge in [-0.3, -0.25) is 4.79 Å². The van der Waals surface area contributed by atoms with E-state index in [1.165, 1.54) is 5.56 Å². The fraction of sp³-hybridized carbons (Fsp3) is 0.450. The van der Waals surface area contributed by atoms with E-state index in [2.05, 4.69) is 31.9 Å². The van der Waals surface area contributed by atoms with Gasteiger partial charge in [-0.25, -0.2) is 0 Å². The minimum absolute atomic E-state index is 0.0163. The van der Waals surface area contributed by atoms with E-state index in [1.54, 1.807) is 6.26 Å². The maximum absolute atomic E-state index is 12.6. The van der Waals surface area contributed by atoms with Crippen molar-refractivity contribution in [3.05, 3.63) is 59.5 Å². The average Bonchev–Trinajstić information content (AvgIpc) is 2.93. The average molecular weight is 539 g/mol. The Morgan fingerprint density at radius 1 is 1.30 bits per heavy atom. The number of esters is 1. The van der Waals surface area contributed by atoms with Crippen LogP contribution in [0.25, 0.3) is 0 Å². The third-order valence-corrected chi connectivity index (χ3v) is 8.46. The van der Waals surface area contributed by atoms with E-state index in [0.717, 1.165) is 11.3 Å². The van der Waals surface area contributed by atoms with Crippen LogP contribution in [-0.2, 0) is 22.6 Å². The van der Waals surface area contributed by atoms with Crippen molar-refractivity contribution in [3.63, 3.8) is 0 Å². The number of rotatable bonds is 7. The maximum atomic E-state index is 12.6. The summed E-state index contributed by atoms with van der Waals surface area (Å²) in [6, 6.07) is 12.0. The van der Waals surface area contributed by atoms with Crippen molar-refractivity contribution in [2.75, 3.05) is 0 Å². The van der Waals surface area contributed by atoms with Crippen LogP contribution in [0.5, 0.6) is 0 Å². The van der Waals surface area contributed by atoms with Crippen molar-refractivity contribution in [2.24, 2.45) is 17.3 Å². The van der Waals surface area contributed by atoms with Gasteiger partial charge >= 0.3 is 5.97 Å². The van der Waals surface area contributed by atoms with E-state index in [1.807, 2.05) is 50.2 Å². The first-order chi connectivity index (χ1) is 12.6. The molecule has 1 aromatic heterocycles. The third kappa shape index (κ3) is 4.92. The Balaban J connectivity index is 1.56. The number of carbonyl (C=O) groups excluding carboxylic acids is 1. The smallest absolute Gasteiger partial charge is 0.310 e. The molecule has 146 valence electrons. The third-order valence-electron chi connectivity index (χ3n) is 5.10.